The van der Waals surface area contributed by atoms with Crippen molar-refractivity contribution >= 4 is 17.2 Å². The van der Waals surface area contributed by atoms with E-state index in [1.807, 2.05) is 46.7 Å². The zero-order valence-electron chi connectivity index (χ0n) is 19.9. The van der Waals surface area contributed by atoms with Crippen molar-refractivity contribution < 1.29 is 23.7 Å². The molecule has 0 saturated carbocycles. The van der Waals surface area contributed by atoms with Gasteiger partial charge in [0.2, 0.25) is 5.75 Å². The molecule has 4 rings (SSSR count). The predicted octanol–water partition coefficient (Wildman–Crippen LogP) is 3.80. The molecule has 0 atom stereocenters. The summed E-state index contributed by atoms with van der Waals surface area (Å²) in [6, 6.07) is 11.6. The Labute approximate surface area is 203 Å². The Kier molecular flexibility index (Phi) is 7.54. The largest absolute Gasteiger partial charge is 0.496 e. The summed E-state index contributed by atoms with van der Waals surface area (Å²) in [5.74, 6) is 2.60. The standard InChI is InChI=1S/C25H29N3O5S/c1-30-20-8-6-5-7-18(20)24-26-19(16-34-24)25(29)28-13-11-27(12-14-28)15-17-9-10-21(31-2)23(33-4)22(17)32-3/h5-10,16H,11-15H2,1-4H3. The van der Waals surface area contributed by atoms with E-state index >= 15 is 0 Å². The second-order valence-electron chi connectivity index (χ2n) is 7.80. The number of thiazole rings is 1. The number of carbonyl (C=O) groups is 1. The minimum Gasteiger partial charge on any atom is -0.496 e. The molecule has 180 valence electrons. The van der Waals surface area contributed by atoms with Gasteiger partial charge in [0, 0.05) is 43.7 Å². The van der Waals surface area contributed by atoms with Crippen molar-refractivity contribution in [3.05, 3.63) is 53.0 Å². The van der Waals surface area contributed by atoms with E-state index in [-0.39, 0.29) is 5.91 Å². The molecule has 8 nitrogen and oxygen atoms in total. The zero-order chi connectivity index (χ0) is 24.1. The molecule has 2 aromatic carbocycles. The second-order valence-corrected chi connectivity index (χ2v) is 8.66. The van der Waals surface area contributed by atoms with Crippen molar-refractivity contribution in [2.45, 2.75) is 6.54 Å². The lowest BCUT2D eigenvalue weighted by molar-refractivity contribution is 0.0622. The van der Waals surface area contributed by atoms with Gasteiger partial charge in [0.15, 0.2) is 11.5 Å². The minimum absolute atomic E-state index is 0.0410. The fourth-order valence-corrected chi connectivity index (χ4v) is 4.94. The van der Waals surface area contributed by atoms with Gasteiger partial charge in [0.05, 0.1) is 34.0 Å². The van der Waals surface area contributed by atoms with Gasteiger partial charge in [0.25, 0.3) is 5.91 Å². The first-order valence-electron chi connectivity index (χ1n) is 11.0. The Hall–Kier alpha value is -3.30. The first-order chi connectivity index (χ1) is 16.6. The van der Waals surface area contributed by atoms with Crippen LogP contribution in [0, 0.1) is 0 Å². The number of hydrogen-bond donors (Lipinski definition) is 0. The van der Waals surface area contributed by atoms with E-state index in [2.05, 4.69) is 9.88 Å². The van der Waals surface area contributed by atoms with Gasteiger partial charge in [-0.2, -0.15) is 0 Å². The molecule has 0 N–H and O–H groups in total. The number of methoxy groups -OCH3 is 4. The van der Waals surface area contributed by atoms with Crippen molar-refractivity contribution in [2.75, 3.05) is 54.6 Å². The van der Waals surface area contributed by atoms with Gasteiger partial charge in [-0.3, -0.25) is 9.69 Å². The van der Waals surface area contributed by atoms with Crippen LogP contribution in [0.15, 0.2) is 41.8 Å². The quantitative estimate of drug-likeness (QED) is 0.483. The summed E-state index contributed by atoms with van der Waals surface area (Å²) in [7, 11) is 6.47. The van der Waals surface area contributed by atoms with E-state index in [0.29, 0.717) is 42.6 Å². The second kappa shape index (κ2) is 10.8. The normalized spacial score (nSPS) is 14.1. The van der Waals surface area contributed by atoms with Gasteiger partial charge in [-0.15, -0.1) is 11.3 Å². The van der Waals surface area contributed by atoms with E-state index in [1.54, 1.807) is 28.4 Å². The van der Waals surface area contributed by atoms with Crippen LogP contribution in [0.3, 0.4) is 0 Å². The number of aromatic nitrogens is 1. The summed E-state index contributed by atoms with van der Waals surface area (Å²) in [6.45, 7) is 3.48. The number of rotatable bonds is 8. The zero-order valence-corrected chi connectivity index (χ0v) is 20.7. The third kappa shape index (κ3) is 4.80. The van der Waals surface area contributed by atoms with Gasteiger partial charge in [-0.1, -0.05) is 18.2 Å². The fraction of sp³-hybridized carbons (Fsp3) is 0.360. The average molecular weight is 484 g/mol. The van der Waals surface area contributed by atoms with Crippen LogP contribution in [0.25, 0.3) is 10.6 Å². The van der Waals surface area contributed by atoms with Gasteiger partial charge >= 0.3 is 0 Å². The SMILES string of the molecule is COc1ccccc1-c1nc(C(=O)N2CCN(Cc3ccc(OC)c(OC)c3OC)CC2)cs1. The highest BCUT2D eigenvalue weighted by Gasteiger charge is 2.26. The Morgan fingerprint density at radius 2 is 1.59 bits per heavy atom. The highest BCUT2D eigenvalue weighted by molar-refractivity contribution is 7.13. The summed E-state index contributed by atoms with van der Waals surface area (Å²) in [5.41, 5.74) is 2.38. The number of amides is 1. The molecule has 1 aromatic heterocycles. The van der Waals surface area contributed by atoms with Gasteiger partial charge in [0.1, 0.15) is 16.5 Å². The lowest BCUT2D eigenvalue weighted by Crippen LogP contribution is -2.48. The molecular formula is C25H29N3O5S. The topological polar surface area (TPSA) is 73.4 Å². The summed E-state index contributed by atoms with van der Waals surface area (Å²) >= 11 is 1.45. The Morgan fingerprint density at radius 3 is 2.26 bits per heavy atom. The lowest BCUT2D eigenvalue weighted by Gasteiger charge is -2.34. The minimum atomic E-state index is -0.0410. The van der Waals surface area contributed by atoms with Crippen molar-refractivity contribution in [1.29, 1.82) is 0 Å². The molecule has 2 heterocycles. The van der Waals surface area contributed by atoms with Gasteiger partial charge in [-0.25, -0.2) is 4.98 Å². The van der Waals surface area contributed by atoms with E-state index in [0.717, 1.165) is 35.0 Å². The van der Waals surface area contributed by atoms with Crippen LogP contribution >= 0.6 is 11.3 Å². The Bertz CT molecular complexity index is 1140. The molecule has 0 unspecified atom stereocenters. The average Bonchev–Trinajstić information content (AvgIpc) is 3.38. The number of carbonyl (C=O) groups excluding carboxylic acids is 1. The van der Waals surface area contributed by atoms with Crippen molar-refractivity contribution in [3.8, 4) is 33.6 Å². The summed E-state index contributed by atoms with van der Waals surface area (Å²) in [6.07, 6.45) is 0. The Morgan fingerprint density at radius 1 is 0.882 bits per heavy atom. The maximum absolute atomic E-state index is 13.1. The van der Waals surface area contributed by atoms with Crippen molar-refractivity contribution in [3.63, 3.8) is 0 Å². The highest BCUT2D eigenvalue weighted by Crippen LogP contribution is 2.40. The van der Waals surface area contributed by atoms with E-state index < -0.39 is 0 Å². The van der Waals surface area contributed by atoms with Crippen LogP contribution in [0.4, 0.5) is 0 Å². The Balaban J connectivity index is 1.40. The first kappa shape index (κ1) is 23.8. The number of hydrogen-bond acceptors (Lipinski definition) is 8. The number of nitrogens with zero attached hydrogens (tertiary/aromatic N) is 3. The molecule has 1 amide bonds. The van der Waals surface area contributed by atoms with Crippen molar-refractivity contribution in [1.82, 2.24) is 14.8 Å². The molecule has 9 heteroatoms. The van der Waals surface area contributed by atoms with E-state index in [4.69, 9.17) is 18.9 Å². The molecule has 1 aliphatic rings. The maximum Gasteiger partial charge on any atom is 0.273 e. The molecular weight excluding hydrogens is 454 g/mol. The van der Waals surface area contributed by atoms with Crippen molar-refractivity contribution in [2.24, 2.45) is 0 Å². The lowest BCUT2D eigenvalue weighted by atomic mass is 10.1. The molecule has 1 saturated heterocycles. The smallest absolute Gasteiger partial charge is 0.273 e. The van der Waals surface area contributed by atoms with E-state index in [1.165, 1.54) is 11.3 Å². The van der Waals surface area contributed by atoms with Crippen LogP contribution < -0.4 is 18.9 Å². The summed E-state index contributed by atoms with van der Waals surface area (Å²) in [4.78, 5) is 21.9. The van der Waals surface area contributed by atoms with Gasteiger partial charge < -0.3 is 23.8 Å². The highest BCUT2D eigenvalue weighted by atomic mass is 32.1. The summed E-state index contributed by atoms with van der Waals surface area (Å²) in [5, 5.41) is 2.60. The van der Waals surface area contributed by atoms with Gasteiger partial charge in [-0.05, 0) is 18.2 Å². The maximum atomic E-state index is 13.1. The number of piperazine rings is 1. The molecule has 0 bridgehead atoms. The van der Waals surface area contributed by atoms with Crippen LogP contribution in [-0.2, 0) is 6.54 Å². The third-order valence-corrected chi connectivity index (χ3v) is 6.78. The van der Waals surface area contributed by atoms with E-state index in [9.17, 15) is 4.79 Å². The molecule has 0 aliphatic carbocycles. The first-order valence-corrected chi connectivity index (χ1v) is 11.9. The van der Waals surface area contributed by atoms with Crippen LogP contribution in [0.1, 0.15) is 16.1 Å². The number of benzene rings is 2. The van der Waals surface area contributed by atoms with Crippen LogP contribution in [-0.4, -0.2) is 75.3 Å². The number of para-hydroxylation sites is 1. The monoisotopic (exact) mass is 483 g/mol. The molecule has 1 fully saturated rings. The number of ether oxygens (including phenoxy) is 4. The molecule has 34 heavy (non-hydrogen) atoms. The molecule has 3 aromatic rings. The van der Waals surface area contributed by atoms with Crippen LogP contribution in [0.2, 0.25) is 0 Å². The summed E-state index contributed by atoms with van der Waals surface area (Å²) < 4.78 is 21.9. The third-order valence-electron chi connectivity index (χ3n) is 5.90. The van der Waals surface area contributed by atoms with Crippen LogP contribution in [0.5, 0.6) is 23.0 Å². The molecule has 0 spiro atoms. The predicted molar refractivity (Wildman–Crippen MR) is 131 cm³/mol. The molecule has 1 aliphatic heterocycles. The molecule has 0 radical (unpaired) electrons. The fourth-order valence-electron chi connectivity index (χ4n) is 4.12.